The van der Waals surface area contributed by atoms with Gasteiger partial charge in [0.2, 0.25) is 0 Å². The Morgan fingerprint density at radius 3 is 2.58 bits per heavy atom. The number of amidine groups is 2. The van der Waals surface area contributed by atoms with E-state index < -0.39 is 5.54 Å². The predicted octanol–water partition coefficient (Wildman–Crippen LogP) is 3.88. The fourth-order valence-corrected chi connectivity index (χ4v) is 2.59. The van der Waals surface area contributed by atoms with E-state index in [4.69, 9.17) is 10.8 Å². The Hall–Kier alpha value is -1.43. The van der Waals surface area contributed by atoms with Crippen molar-refractivity contribution >= 4 is 39.0 Å². The first-order valence-electron chi connectivity index (χ1n) is 5.88. The third-order valence-corrected chi connectivity index (χ3v) is 4.08. The quantitative estimate of drug-likeness (QED) is 0.500. The number of rotatable bonds is 0. The molecule has 102 valence electrons. The molecule has 0 fully saturated rings. The van der Waals surface area contributed by atoms with Gasteiger partial charge < -0.3 is 5.32 Å². The smallest absolute Gasteiger partial charge is 0.149 e. The summed E-state index contributed by atoms with van der Waals surface area (Å²) in [5, 5.41) is 19.2. The van der Waals surface area contributed by atoms with Gasteiger partial charge in [0.25, 0.3) is 0 Å². The van der Waals surface area contributed by atoms with Gasteiger partial charge >= 0.3 is 0 Å². The van der Waals surface area contributed by atoms with Crippen LogP contribution < -0.4 is 10.2 Å². The van der Waals surface area contributed by atoms with E-state index in [1.54, 1.807) is 20.8 Å². The maximum atomic E-state index is 14.2. The van der Waals surface area contributed by atoms with Crippen LogP contribution in [-0.2, 0) is 0 Å². The van der Waals surface area contributed by atoms with Gasteiger partial charge in [-0.1, -0.05) is 15.9 Å². The highest BCUT2D eigenvalue weighted by molar-refractivity contribution is 9.10. The molecule has 0 aliphatic carbocycles. The summed E-state index contributed by atoms with van der Waals surface area (Å²) in [5.41, 5.74) is 0.948. The number of halogens is 2. The number of anilines is 2. The van der Waals surface area contributed by atoms with Crippen molar-refractivity contribution in [1.82, 2.24) is 0 Å². The highest BCUT2D eigenvalue weighted by Gasteiger charge is 2.39. The molecule has 6 heteroatoms. The Morgan fingerprint density at radius 1 is 1.47 bits per heavy atom. The molecule has 1 aliphatic heterocycles. The number of nitrogens with zero attached hydrogens (tertiary/aromatic N) is 1. The first kappa shape index (κ1) is 14.0. The van der Waals surface area contributed by atoms with Gasteiger partial charge in [-0.15, -0.1) is 0 Å². The molecule has 1 aromatic rings. The summed E-state index contributed by atoms with van der Waals surface area (Å²) < 4.78 is 14.8. The Morgan fingerprint density at radius 2 is 2.05 bits per heavy atom. The molecule has 1 heterocycles. The van der Waals surface area contributed by atoms with E-state index in [1.807, 2.05) is 6.92 Å². The average molecular weight is 327 g/mol. The Kier molecular flexibility index (Phi) is 3.16. The third kappa shape index (κ3) is 2.04. The molecule has 19 heavy (non-hydrogen) atoms. The second-order valence-electron chi connectivity index (χ2n) is 5.21. The van der Waals surface area contributed by atoms with Crippen LogP contribution in [-0.4, -0.2) is 17.2 Å². The zero-order valence-electron chi connectivity index (χ0n) is 11.3. The molecule has 0 saturated heterocycles. The fraction of sp³-hybridized carbons (Fsp3) is 0.385. The lowest BCUT2D eigenvalue weighted by molar-refractivity contribution is 0.617. The summed E-state index contributed by atoms with van der Waals surface area (Å²) in [6.07, 6.45) is 0. The van der Waals surface area contributed by atoms with E-state index in [0.29, 0.717) is 15.8 Å². The second-order valence-corrected chi connectivity index (χ2v) is 6.06. The molecule has 0 saturated carbocycles. The van der Waals surface area contributed by atoms with E-state index in [-0.39, 0.29) is 17.5 Å². The van der Waals surface area contributed by atoms with Crippen LogP contribution in [0.25, 0.3) is 0 Å². The fourth-order valence-electron chi connectivity index (χ4n) is 2.20. The first-order chi connectivity index (χ1) is 8.66. The van der Waals surface area contributed by atoms with E-state index in [2.05, 4.69) is 21.2 Å². The zero-order chi connectivity index (χ0) is 14.5. The van der Waals surface area contributed by atoms with Crippen molar-refractivity contribution in [2.24, 2.45) is 0 Å². The third-order valence-electron chi connectivity index (χ3n) is 3.25. The lowest BCUT2D eigenvalue weighted by atomic mass is 9.95. The number of benzene rings is 1. The van der Waals surface area contributed by atoms with Crippen LogP contribution in [0.2, 0.25) is 0 Å². The molecular formula is C13H16BrFN4. The monoisotopic (exact) mass is 326 g/mol. The number of fused-ring (bicyclic) bond motifs is 1. The van der Waals surface area contributed by atoms with Gasteiger partial charge in [0.05, 0.1) is 16.9 Å². The molecule has 3 N–H and O–H groups in total. The molecule has 1 aliphatic rings. The van der Waals surface area contributed by atoms with Crippen LogP contribution in [0.5, 0.6) is 0 Å². The van der Waals surface area contributed by atoms with E-state index in [0.717, 1.165) is 5.56 Å². The van der Waals surface area contributed by atoms with Gasteiger partial charge in [-0.25, -0.2) is 4.39 Å². The summed E-state index contributed by atoms with van der Waals surface area (Å²) in [6, 6.07) is 1.41. The number of hydrogen-bond acceptors (Lipinski definition) is 3. The van der Waals surface area contributed by atoms with Crippen LogP contribution in [0.3, 0.4) is 0 Å². The molecule has 4 nitrogen and oxygen atoms in total. The summed E-state index contributed by atoms with van der Waals surface area (Å²) in [6.45, 7) is 7.03. The van der Waals surface area contributed by atoms with Crippen LogP contribution in [0.1, 0.15) is 26.3 Å². The average Bonchev–Trinajstić information content (AvgIpc) is 2.28. The van der Waals surface area contributed by atoms with E-state index in [9.17, 15) is 4.39 Å². The zero-order valence-corrected chi connectivity index (χ0v) is 12.9. The molecule has 0 amide bonds. The predicted molar refractivity (Wildman–Crippen MR) is 80.1 cm³/mol. The standard InChI is InChI=1S/C13H16BrFN4/c1-6-8(14)5-9(15)10-11(6)19(7(2)16)12(17)13(3,4)18-10/h5,16-18H,1-4H3. The maximum Gasteiger partial charge on any atom is 0.149 e. The molecular weight excluding hydrogens is 311 g/mol. The van der Waals surface area contributed by atoms with Crippen molar-refractivity contribution in [2.75, 3.05) is 10.2 Å². The topological polar surface area (TPSA) is 63.0 Å². The van der Waals surface area contributed by atoms with Crippen LogP contribution in [0.15, 0.2) is 10.5 Å². The van der Waals surface area contributed by atoms with E-state index >= 15 is 0 Å². The number of hydrogen-bond donors (Lipinski definition) is 3. The molecule has 2 rings (SSSR count). The minimum Gasteiger partial charge on any atom is -0.369 e. The first-order valence-corrected chi connectivity index (χ1v) is 6.67. The Balaban J connectivity index is 2.81. The molecule has 0 aromatic heterocycles. The summed E-state index contributed by atoms with van der Waals surface area (Å²) in [4.78, 5) is 1.48. The largest absolute Gasteiger partial charge is 0.369 e. The van der Waals surface area contributed by atoms with Gasteiger partial charge in [0.15, 0.2) is 0 Å². The molecule has 0 unspecified atom stereocenters. The van der Waals surface area contributed by atoms with E-state index in [1.165, 1.54) is 11.0 Å². The molecule has 0 spiro atoms. The molecule has 0 bridgehead atoms. The highest BCUT2D eigenvalue weighted by atomic mass is 79.9. The van der Waals surface area contributed by atoms with Crippen LogP contribution >= 0.6 is 15.9 Å². The van der Waals surface area contributed by atoms with Crippen molar-refractivity contribution in [3.05, 3.63) is 21.9 Å². The van der Waals surface area contributed by atoms with Gasteiger partial charge in [0, 0.05) is 4.47 Å². The van der Waals surface area contributed by atoms with Crippen molar-refractivity contribution < 1.29 is 4.39 Å². The van der Waals surface area contributed by atoms with Gasteiger partial charge in [0.1, 0.15) is 17.5 Å². The van der Waals surface area contributed by atoms with Crippen LogP contribution in [0.4, 0.5) is 15.8 Å². The Labute approximate surface area is 120 Å². The normalized spacial score (nSPS) is 16.9. The lowest BCUT2D eigenvalue weighted by Crippen LogP contribution is -2.55. The summed E-state index contributed by atoms with van der Waals surface area (Å²) >= 11 is 3.31. The summed E-state index contributed by atoms with van der Waals surface area (Å²) in [5.74, 6) is 0.0359. The lowest BCUT2D eigenvalue weighted by Gasteiger charge is -2.42. The SMILES string of the molecule is CC(=N)N1C(=N)C(C)(C)Nc2c(F)cc(Br)c(C)c21. The van der Waals surface area contributed by atoms with Crippen molar-refractivity contribution in [2.45, 2.75) is 33.2 Å². The molecule has 1 aromatic carbocycles. The molecule has 0 atom stereocenters. The minimum atomic E-state index is -0.726. The van der Waals surface area contributed by atoms with Crippen LogP contribution in [0, 0.1) is 23.6 Å². The van der Waals surface area contributed by atoms with Gasteiger partial charge in [-0.05, 0) is 39.3 Å². The summed E-state index contributed by atoms with van der Waals surface area (Å²) in [7, 11) is 0. The minimum absolute atomic E-state index is 0.196. The molecule has 0 radical (unpaired) electrons. The van der Waals surface area contributed by atoms with Crippen molar-refractivity contribution in [3.8, 4) is 0 Å². The second kappa shape index (κ2) is 4.30. The highest BCUT2D eigenvalue weighted by Crippen LogP contribution is 2.42. The van der Waals surface area contributed by atoms with Gasteiger partial charge in [-0.3, -0.25) is 15.7 Å². The van der Waals surface area contributed by atoms with Crippen molar-refractivity contribution in [3.63, 3.8) is 0 Å². The maximum absolute atomic E-state index is 14.2. The number of nitrogens with one attached hydrogen (secondary N) is 3. The Bertz CT molecular complexity index is 595. The van der Waals surface area contributed by atoms with Crippen molar-refractivity contribution in [1.29, 1.82) is 10.8 Å². The van der Waals surface area contributed by atoms with Gasteiger partial charge in [-0.2, -0.15) is 0 Å².